The van der Waals surface area contributed by atoms with E-state index in [9.17, 15) is 0 Å². The van der Waals surface area contributed by atoms with Crippen molar-refractivity contribution in [3.8, 4) is 0 Å². The second kappa shape index (κ2) is 7.19. The minimum absolute atomic E-state index is 0.0361. The van der Waals surface area contributed by atoms with Gasteiger partial charge in [0.25, 0.3) is 0 Å². The van der Waals surface area contributed by atoms with Crippen LogP contribution in [0.4, 0.5) is 17.2 Å². The van der Waals surface area contributed by atoms with E-state index in [1.165, 1.54) is 16.6 Å². The molecule has 5 heteroatoms. The fourth-order valence-electron chi connectivity index (χ4n) is 4.89. The lowest BCUT2D eigenvalue weighted by Crippen LogP contribution is -2.59. The molecule has 0 saturated heterocycles. The molecule has 0 fully saturated rings. The molecule has 1 aromatic heterocycles. The number of fused-ring (bicyclic) bond motifs is 2. The highest BCUT2D eigenvalue weighted by molar-refractivity contribution is 6.71. The Kier molecular flexibility index (Phi) is 4.58. The molecule has 0 spiro atoms. The summed E-state index contributed by atoms with van der Waals surface area (Å²) in [6.45, 7) is 11.7. The normalized spacial score (nSPS) is 18.1. The van der Waals surface area contributed by atoms with Crippen LogP contribution in [0.2, 0.25) is 6.82 Å². The van der Waals surface area contributed by atoms with Crippen LogP contribution in [0.5, 0.6) is 0 Å². The van der Waals surface area contributed by atoms with Crippen molar-refractivity contribution in [1.29, 1.82) is 0 Å². The lowest BCUT2D eigenvalue weighted by atomic mass is 9.53. The Morgan fingerprint density at radius 1 is 0.903 bits per heavy atom. The number of para-hydroxylation sites is 1. The van der Waals surface area contributed by atoms with E-state index < -0.39 is 0 Å². The number of nitrogens with zero attached hydrogens (tertiary/aromatic N) is 4. The highest BCUT2D eigenvalue weighted by atomic mass is 15.7. The van der Waals surface area contributed by atoms with Gasteiger partial charge in [-0.2, -0.15) is 0 Å². The number of rotatable bonds is 2. The summed E-state index contributed by atoms with van der Waals surface area (Å²) in [5.74, 6) is 0.998. The number of hydrogen-bond donors (Lipinski definition) is 0. The first-order chi connectivity index (χ1) is 14.9. The van der Waals surface area contributed by atoms with Gasteiger partial charge in [-0.25, -0.2) is 4.98 Å². The largest absolute Gasteiger partial charge is 0.329 e. The van der Waals surface area contributed by atoms with E-state index in [2.05, 4.69) is 116 Å². The molecule has 2 aliphatic heterocycles. The Morgan fingerprint density at radius 3 is 2.35 bits per heavy atom. The van der Waals surface area contributed by atoms with Crippen LogP contribution in [0.15, 0.2) is 79.1 Å². The maximum absolute atomic E-state index is 4.79. The summed E-state index contributed by atoms with van der Waals surface area (Å²) >= 11 is 0. The van der Waals surface area contributed by atoms with Gasteiger partial charge in [0.1, 0.15) is 11.9 Å². The summed E-state index contributed by atoms with van der Waals surface area (Å²) in [6, 6.07) is 23.6. The molecule has 0 radical (unpaired) electrons. The molecule has 5 rings (SSSR count). The summed E-state index contributed by atoms with van der Waals surface area (Å²) in [4.78, 5) is 9.53. The number of pyridine rings is 1. The van der Waals surface area contributed by atoms with Gasteiger partial charge in [-0.05, 0) is 53.2 Å². The van der Waals surface area contributed by atoms with Gasteiger partial charge in [0.15, 0.2) is 5.82 Å². The third-order valence-corrected chi connectivity index (χ3v) is 6.42. The molecule has 0 bridgehead atoms. The lowest BCUT2D eigenvalue weighted by Gasteiger charge is -2.45. The predicted molar refractivity (Wildman–Crippen MR) is 132 cm³/mol. The fraction of sp³-hybridized carbons (Fsp3) is 0.269. The van der Waals surface area contributed by atoms with Gasteiger partial charge in [0.05, 0.1) is 0 Å². The Hall–Kier alpha value is -3.21. The van der Waals surface area contributed by atoms with Gasteiger partial charge in [-0.3, -0.25) is 5.01 Å². The number of allylic oxidation sites excluding steroid dienone is 1. The van der Waals surface area contributed by atoms with Gasteiger partial charge in [0, 0.05) is 18.1 Å². The van der Waals surface area contributed by atoms with E-state index >= 15 is 0 Å². The minimum atomic E-state index is 0.0361. The second-order valence-electron chi connectivity index (χ2n) is 9.46. The van der Waals surface area contributed by atoms with E-state index in [0.717, 1.165) is 17.2 Å². The van der Waals surface area contributed by atoms with Crippen molar-refractivity contribution in [3.05, 3.63) is 84.7 Å². The molecule has 3 aromatic rings. The summed E-state index contributed by atoms with van der Waals surface area (Å²) in [7, 11) is 0. The number of hydrogen-bond acceptors (Lipinski definition) is 4. The average molecular weight is 408 g/mol. The van der Waals surface area contributed by atoms with E-state index in [1.54, 1.807) is 0 Å². The molecular formula is C26H29BN4. The monoisotopic (exact) mass is 408 g/mol. The Bertz CT molecular complexity index is 1140. The molecule has 0 N–H and O–H groups in total. The predicted octanol–water partition coefficient (Wildman–Crippen LogP) is 5.53. The van der Waals surface area contributed by atoms with Crippen LogP contribution in [0, 0.1) is 5.41 Å². The standard InChI is InChI=1S/C26H29BN4/c1-19-30(20-12-7-6-8-13-20)25-24(16-11-17-28-25)31(19)29-18-22(26(2,3)4)21-14-9-10-15-23(21)27(29)5/h6-19H,1-5H3/t19-/m0/s1. The fourth-order valence-corrected chi connectivity index (χ4v) is 4.89. The first-order valence-corrected chi connectivity index (χ1v) is 11.1. The van der Waals surface area contributed by atoms with Crippen molar-refractivity contribution in [2.45, 2.75) is 40.7 Å². The van der Waals surface area contributed by atoms with Gasteiger partial charge < -0.3 is 9.82 Å². The number of aromatic nitrogens is 1. The van der Waals surface area contributed by atoms with E-state index in [1.807, 2.05) is 12.3 Å². The molecule has 0 aliphatic carbocycles. The molecule has 0 saturated carbocycles. The van der Waals surface area contributed by atoms with Gasteiger partial charge in [0.2, 0.25) is 0 Å². The maximum Gasteiger partial charge on any atom is 0.311 e. The quantitative estimate of drug-likeness (QED) is 0.520. The summed E-state index contributed by atoms with van der Waals surface area (Å²) < 4.78 is 0. The SMILES string of the molecule is CB1c2ccccc2C(C(C)(C)C)=CN1N1c2cccnc2N(c2ccccc2)[C@@H]1C. The van der Waals surface area contributed by atoms with Crippen molar-refractivity contribution in [2.75, 3.05) is 9.91 Å². The topological polar surface area (TPSA) is 22.6 Å². The smallest absolute Gasteiger partial charge is 0.311 e. The molecule has 1 atom stereocenters. The maximum atomic E-state index is 4.79. The third-order valence-electron chi connectivity index (χ3n) is 6.42. The molecule has 31 heavy (non-hydrogen) atoms. The Labute approximate surface area is 185 Å². The highest BCUT2D eigenvalue weighted by Crippen LogP contribution is 2.45. The van der Waals surface area contributed by atoms with Crippen LogP contribution in [0.25, 0.3) is 5.57 Å². The van der Waals surface area contributed by atoms with Crippen LogP contribution in [-0.4, -0.2) is 22.9 Å². The second-order valence-corrected chi connectivity index (χ2v) is 9.46. The summed E-state index contributed by atoms with van der Waals surface area (Å²) in [5, 5.41) is 2.40. The number of benzene rings is 2. The van der Waals surface area contributed by atoms with Gasteiger partial charge >= 0.3 is 6.85 Å². The first-order valence-electron chi connectivity index (χ1n) is 11.1. The van der Waals surface area contributed by atoms with Crippen LogP contribution in [0.1, 0.15) is 33.3 Å². The molecule has 2 aromatic carbocycles. The number of anilines is 3. The summed E-state index contributed by atoms with van der Waals surface area (Å²) in [5.41, 5.74) is 6.41. The Morgan fingerprint density at radius 2 is 1.61 bits per heavy atom. The lowest BCUT2D eigenvalue weighted by molar-refractivity contribution is 0.461. The molecule has 156 valence electrons. The number of hydrazine groups is 1. The van der Waals surface area contributed by atoms with Crippen LogP contribution in [-0.2, 0) is 0 Å². The molecule has 2 aliphatic rings. The van der Waals surface area contributed by atoms with Gasteiger partial charge in [-0.1, -0.05) is 70.1 Å². The van der Waals surface area contributed by atoms with Crippen LogP contribution < -0.4 is 15.4 Å². The van der Waals surface area contributed by atoms with Crippen molar-refractivity contribution in [2.24, 2.45) is 5.41 Å². The van der Waals surface area contributed by atoms with Crippen LogP contribution in [0.3, 0.4) is 0 Å². The minimum Gasteiger partial charge on any atom is -0.329 e. The molecule has 4 nitrogen and oxygen atoms in total. The van der Waals surface area contributed by atoms with E-state index in [-0.39, 0.29) is 18.4 Å². The van der Waals surface area contributed by atoms with Crippen molar-refractivity contribution >= 4 is 35.1 Å². The zero-order chi connectivity index (χ0) is 21.8. The molecule has 3 heterocycles. The first kappa shape index (κ1) is 19.7. The molecule has 0 unspecified atom stereocenters. The van der Waals surface area contributed by atoms with E-state index in [0.29, 0.717) is 0 Å². The summed E-state index contributed by atoms with van der Waals surface area (Å²) in [6.07, 6.45) is 4.34. The highest BCUT2D eigenvalue weighted by Gasteiger charge is 2.42. The zero-order valence-electron chi connectivity index (χ0n) is 18.9. The third kappa shape index (κ3) is 3.11. The molecule has 0 amide bonds. The van der Waals surface area contributed by atoms with Crippen molar-refractivity contribution in [1.82, 2.24) is 9.90 Å². The Balaban J connectivity index is 1.66. The van der Waals surface area contributed by atoms with Crippen molar-refractivity contribution < 1.29 is 0 Å². The average Bonchev–Trinajstić information content (AvgIpc) is 3.06. The molecular weight excluding hydrogens is 379 g/mol. The van der Waals surface area contributed by atoms with E-state index in [4.69, 9.17) is 4.98 Å². The van der Waals surface area contributed by atoms with Gasteiger partial charge in [-0.15, -0.1) is 0 Å². The van der Waals surface area contributed by atoms with Crippen LogP contribution >= 0.6 is 0 Å². The van der Waals surface area contributed by atoms with Crippen molar-refractivity contribution in [3.63, 3.8) is 0 Å². The zero-order valence-corrected chi connectivity index (χ0v) is 18.9.